The van der Waals surface area contributed by atoms with Gasteiger partial charge in [0.1, 0.15) is 0 Å². The molecule has 1 aromatic heterocycles. The van der Waals surface area contributed by atoms with Crippen LogP contribution in [0.4, 0.5) is 0 Å². The smallest absolute Gasteiger partial charge is 0.0832 e. The van der Waals surface area contributed by atoms with Crippen molar-refractivity contribution in [1.82, 2.24) is 4.57 Å². The predicted octanol–water partition coefficient (Wildman–Crippen LogP) is 2.34. The summed E-state index contributed by atoms with van der Waals surface area (Å²) in [7, 11) is 0. The Balaban J connectivity index is 2.18. The minimum absolute atomic E-state index is 0.0961. The van der Waals surface area contributed by atoms with Crippen molar-refractivity contribution < 1.29 is 5.11 Å². The molecule has 78 valence electrons. The molecule has 0 aliphatic carbocycles. The molecule has 0 saturated carbocycles. The summed E-state index contributed by atoms with van der Waals surface area (Å²) in [6.07, 6.45) is 1.99. The maximum Gasteiger partial charge on any atom is 0.0832 e. The van der Waals surface area contributed by atoms with Gasteiger partial charge in [-0.3, -0.25) is 0 Å². The lowest BCUT2D eigenvalue weighted by Gasteiger charge is -2.07. The van der Waals surface area contributed by atoms with Gasteiger partial charge in [-0.2, -0.15) is 0 Å². The molecule has 2 nitrogen and oxygen atoms in total. The highest BCUT2D eigenvalue weighted by Gasteiger charge is 1.99. The Morgan fingerprint density at radius 1 is 1.13 bits per heavy atom. The van der Waals surface area contributed by atoms with Gasteiger partial charge >= 0.3 is 0 Å². The van der Waals surface area contributed by atoms with Gasteiger partial charge in [0.05, 0.1) is 6.61 Å². The molecular formula is C13H15NO. The SMILES string of the molecule is Cc1ccc(Cn2cccc2CO)cc1. The van der Waals surface area contributed by atoms with Gasteiger partial charge in [-0.1, -0.05) is 29.8 Å². The molecule has 1 aromatic carbocycles. The van der Waals surface area contributed by atoms with Crippen LogP contribution in [-0.4, -0.2) is 9.67 Å². The lowest BCUT2D eigenvalue weighted by molar-refractivity contribution is 0.271. The van der Waals surface area contributed by atoms with E-state index in [-0.39, 0.29) is 6.61 Å². The number of hydrogen-bond donors (Lipinski definition) is 1. The molecule has 0 atom stereocenters. The van der Waals surface area contributed by atoms with Gasteiger partial charge in [0.15, 0.2) is 0 Å². The fraction of sp³-hybridized carbons (Fsp3) is 0.231. The summed E-state index contributed by atoms with van der Waals surface area (Å²) in [6, 6.07) is 12.4. The molecule has 15 heavy (non-hydrogen) atoms. The standard InChI is InChI=1S/C13H15NO/c1-11-4-6-12(7-5-11)9-14-8-2-3-13(14)10-15/h2-8,15H,9-10H2,1H3. The van der Waals surface area contributed by atoms with E-state index in [4.69, 9.17) is 5.11 Å². The van der Waals surface area contributed by atoms with Gasteiger partial charge in [-0.25, -0.2) is 0 Å². The monoisotopic (exact) mass is 201 g/mol. The number of rotatable bonds is 3. The van der Waals surface area contributed by atoms with Crippen molar-refractivity contribution in [3.63, 3.8) is 0 Å². The number of benzene rings is 1. The van der Waals surface area contributed by atoms with Crippen molar-refractivity contribution in [3.05, 3.63) is 59.4 Å². The molecule has 2 rings (SSSR count). The second kappa shape index (κ2) is 4.32. The van der Waals surface area contributed by atoms with Crippen molar-refractivity contribution in [2.45, 2.75) is 20.1 Å². The molecule has 0 spiro atoms. The zero-order chi connectivity index (χ0) is 10.7. The first-order valence-corrected chi connectivity index (χ1v) is 5.10. The molecule has 0 fully saturated rings. The Hall–Kier alpha value is -1.54. The third kappa shape index (κ3) is 2.28. The highest BCUT2D eigenvalue weighted by Crippen LogP contribution is 2.09. The number of nitrogens with zero attached hydrogens (tertiary/aromatic N) is 1. The molecule has 2 aromatic rings. The van der Waals surface area contributed by atoms with Crippen molar-refractivity contribution >= 4 is 0 Å². The molecule has 0 radical (unpaired) electrons. The van der Waals surface area contributed by atoms with Crippen LogP contribution >= 0.6 is 0 Å². The van der Waals surface area contributed by atoms with Gasteiger partial charge < -0.3 is 9.67 Å². The van der Waals surface area contributed by atoms with Crippen molar-refractivity contribution in [2.24, 2.45) is 0 Å². The summed E-state index contributed by atoms with van der Waals surface area (Å²) in [4.78, 5) is 0. The molecule has 0 amide bonds. The van der Waals surface area contributed by atoms with Crippen LogP contribution in [0.5, 0.6) is 0 Å². The number of aliphatic hydroxyl groups is 1. The van der Waals surface area contributed by atoms with E-state index in [1.165, 1.54) is 11.1 Å². The van der Waals surface area contributed by atoms with Crippen LogP contribution in [0.15, 0.2) is 42.6 Å². The minimum atomic E-state index is 0.0961. The van der Waals surface area contributed by atoms with E-state index < -0.39 is 0 Å². The van der Waals surface area contributed by atoms with Crippen LogP contribution < -0.4 is 0 Å². The van der Waals surface area contributed by atoms with Crippen LogP contribution in [0, 0.1) is 6.92 Å². The number of aliphatic hydroxyl groups excluding tert-OH is 1. The third-order valence-electron chi connectivity index (χ3n) is 2.56. The summed E-state index contributed by atoms with van der Waals surface area (Å²) < 4.78 is 2.06. The fourth-order valence-electron chi connectivity index (χ4n) is 1.64. The molecular weight excluding hydrogens is 186 g/mol. The molecule has 0 bridgehead atoms. The molecule has 2 heteroatoms. The van der Waals surface area contributed by atoms with Gasteiger partial charge in [0.2, 0.25) is 0 Å². The first-order valence-electron chi connectivity index (χ1n) is 5.10. The van der Waals surface area contributed by atoms with E-state index in [0.29, 0.717) is 0 Å². The average Bonchev–Trinajstić information content (AvgIpc) is 2.69. The maximum absolute atomic E-state index is 9.11. The van der Waals surface area contributed by atoms with Crippen LogP contribution in [0.1, 0.15) is 16.8 Å². The normalized spacial score (nSPS) is 10.5. The van der Waals surface area contributed by atoms with E-state index in [1.807, 2.05) is 18.3 Å². The highest BCUT2D eigenvalue weighted by molar-refractivity contribution is 5.22. The maximum atomic E-state index is 9.11. The Kier molecular flexibility index (Phi) is 2.88. The molecule has 1 N–H and O–H groups in total. The molecule has 0 unspecified atom stereocenters. The van der Waals surface area contributed by atoms with E-state index in [0.717, 1.165) is 12.2 Å². The van der Waals surface area contributed by atoms with Crippen LogP contribution in [-0.2, 0) is 13.2 Å². The average molecular weight is 201 g/mol. The van der Waals surface area contributed by atoms with Crippen LogP contribution in [0.2, 0.25) is 0 Å². The third-order valence-corrected chi connectivity index (χ3v) is 2.56. The van der Waals surface area contributed by atoms with Crippen LogP contribution in [0.25, 0.3) is 0 Å². The fourth-order valence-corrected chi connectivity index (χ4v) is 1.64. The van der Waals surface area contributed by atoms with E-state index in [2.05, 4.69) is 35.8 Å². The predicted molar refractivity (Wildman–Crippen MR) is 60.6 cm³/mol. The Bertz CT molecular complexity index is 428. The minimum Gasteiger partial charge on any atom is -0.390 e. The highest BCUT2D eigenvalue weighted by atomic mass is 16.3. The summed E-state index contributed by atoms with van der Waals surface area (Å²) in [6.45, 7) is 3.00. The number of aromatic nitrogens is 1. The summed E-state index contributed by atoms with van der Waals surface area (Å²) in [5.74, 6) is 0. The topological polar surface area (TPSA) is 25.2 Å². The summed E-state index contributed by atoms with van der Waals surface area (Å²) in [5, 5.41) is 9.11. The summed E-state index contributed by atoms with van der Waals surface area (Å²) in [5.41, 5.74) is 3.48. The molecule has 0 aliphatic heterocycles. The second-order valence-electron chi connectivity index (χ2n) is 3.77. The molecule has 0 aliphatic rings. The first-order chi connectivity index (χ1) is 7.29. The quantitative estimate of drug-likeness (QED) is 0.810. The lowest BCUT2D eigenvalue weighted by Crippen LogP contribution is -2.02. The number of aryl methyl sites for hydroxylation is 1. The summed E-state index contributed by atoms with van der Waals surface area (Å²) >= 11 is 0. The van der Waals surface area contributed by atoms with Gasteiger partial charge in [-0.15, -0.1) is 0 Å². The second-order valence-corrected chi connectivity index (χ2v) is 3.77. The zero-order valence-electron chi connectivity index (χ0n) is 8.85. The van der Waals surface area contributed by atoms with Crippen molar-refractivity contribution in [2.75, 3.05) is 0 Å². The zero-order valence-corrected chi connectivity index (χ0v) is 8.85. The van der Waals surface area contributed by atoms with E-state index >= 15 is 0 Å². The largest absolute Gasteiger partial charge is 0.390 e. The lowest BCUT2D eigenvalue weighted by atomic mass is 10.1. The van der Waals surface area contributed by atoms with Crippen LogP contribution in [0.3, 0.4) is 0 Å². The molecule has 1 heterocycles. The first kappa shape index (κ1) is 9.99. The Morgan fingerprint density at radius 3 is 2.53 bits per heavy atom. The van der Waals surface area contributed by atoms with Crippen molar-refractivity contribution in [1.29, 1.82) is 0 Å². The van der Waals surface area contributed by atoms with Gasteiger partial charge in [-0.05, 0) is 24.6 Å². The van der Waals surface area contributed by atoms with E-state index in [9.17, 15) is 0 Å². The Morgan fingerprint density at radius 2 is 1.87 bits per heavy atom. The van der Waals surface area contributed by atoms with E-state index in [1.54, 1.807) is 0 Å². The van der Waals surface area contributed by atoms with Gasteiger partial charge in [0.25, 0.3) is 0 Å². The number of hydrogen-bond acceptors (Lipinski definition) is 1. The molecule has 0 saturated heterocycles. The van der Waals surface area contributed by atoms with Gasteiger partial charge in [0, 0.05) is 18.4 Å². The Labute approximate surface area is 89.8 Å². The van der Waals surface area contributed by atoms with Crippen molar-refractivity contribution in [3.8, 4) is 0 Å².